The largest absolute Gasteiger partial charge is 0.405 e. The van der Waals surface area contributed by atoms with Crippen molar-refractivity contribution in [1.82, 2.24) is 15.0 Å². The van der Waals surface area contributed by atoms with Gasteiger partial charge in [-0.2, -0.15) is 18.2 Å². The second-order valence-corrected chi connectivity index (χ2v) is 8.55. The lowest BCUT2D eigenvalue weighted by atomic mass is 9.70. The Morgan fingerprint density at radius 2 is 1.81 bits per heavy atom. The van der Waals surface area contributed by atoms with E-state index in [9.17, 15) is 13.2 Å². The number of benzene rings is 1. The van der Waals surface area contributed by atoms with Crippen molar-refractivity contribution in [3.8, 4) is 10.6 Å². The van der Waals surface area contributed by atoms with E-state index in [1.165, 1.54) is 17.8 Å². The lowest BCUT2D eigenvalue weighted by molar-refractivity contribution is -0.115. The molecule has 1 saturated carbocycles. The molecule has 2 aromatic heterocycles. The number of nitrogens with one attached hydrogen (secondary N) is 1. The summed E-state index contributed by atoms with van der Waals surface area (Å²) >= 11 is 1.43. The highest BCUT2D eigenvalue weighted by Gasteiger charge is 2.35. The Morgan fingerprint density at radius 3 is 2.29 bits per heavy atom. The van der Waals surface area contributed by atoms with Gasteiger partial charge in [-0.1, -0.05) is 18.6 Å². The second kappa shape index (κ2) is 9.33. The van der Waals surface area contributed by atoms with Crippen LogP contribution < -0.4 is 11.1 Å². The summed E-state index contributed by atoms with van der Waals surface area (Å²) in [5.41, 5.74) is 7.67. The highest BCUT2D eigenvalue weighted by atomic mass is 32.1. The number of nitrogens with zero attached hydrogens (tertiary/aromatic N) is 3. The quantitative estimate of drug-likeness (QED) is 0.463. The molecule has 0 bridgehead atoms. The number of thiazole rings is 1. The van der Waals surface area contributed by atoms with Crippen molar-refractivity contribution in [3.63, 3.8) is 0 Å². The molecule has 1 aromatic carbocycles. The van der Waals surface area contributed by atoms with E-state index in [0.29, 0.717) is 16.3 Å². The lowest BCUT2D eigenvalue weighted by Crippen LogP contribution is -2.36. The zero-order valence-electron chi connectivity index (χ0n) is 16.9. The van der Waals surface area contributed by atoms with Gasteiger partial charge in [0.25, 0.3) is 0 Å². The summed E-state index contributed by atoms with van der Waals surface area (Å²) in [6, 6.07) is 7.59. The minimum atomic E-state index is -4.35. The number of alkyl halides is 3. The molecule has 168 valence electrons. The van der Waals surface area contributed by atoms with Gasteiger partial charge < -0.3 is 21.3 Å². The smallest absolute Gasteiger partial charge is 0.396 e. The summed E-state index contributed by atoms with van der Waals surface area (Å²) in [6.07, 6.45) is -1.18. The van der Waals surface area contributed by atoms with Crippen LogP contribution in [0.15, 0.2) is 24.3 Å². The minimum Gasteiger partial charge on any atom is -0.396 e. The first-order chi connectivity index (χ1) is 14.7. The highest BCUT2D eigenvalue weighted by molar-refractivity contribution is 7.21. The second-order valence-electron chi connectivity index (χ2n) is 7.52. The van der Waals surface area contributed by atoms with Crippen LogP contribution in [0.5, 0.6) is 0 Å². The van der Waals surface area contributed by atoms with Crippen LogP contribution in [0.1, 0.15) is 25.0 Å². The van der Waals surface area contributed by atoms with Crippen molar-refractivity contribution >= 4 is 33.3 Å². The van der Waals surface area contributed by atoms with E-state index < -0.39 is 12.7 Å². The number of hydrogen-bond acceptors (Lipinski definition) is 8. The fourth-order valence-corrected chi connectivity index (χ4v) is 4.21. The van der Waals surface area contributed by atoms with Gasteiger partial charge in [0.15, 0.2) is 0 Å². The van der Waals surface area contributed by atoms with Gasteiger partial charge in [-0.05, 0) is 31.9 Å². The summed E-state index contributed by atoms with van der Waals surface area (Å²) in [5, 5.41) is 20.1. The van der Waals surface area contributed by atoms with Gasteiger partial charge in [0.2, 0.25) is 5.95 Å². The Labute approximate surface area is 181 Å². The lowest BCUT2D eigenvalue weighted by Gasteiger charge is -2.38. The van der Waals surface area contributed by atoms with Crippen molar-refractivity contribution in [1.29, 1.82) is 0 Å². The molecule has 3 aromatic rings. The Hall–Kier alpha value is -2.50. The van der Waals surface area contributed by atoms with Crippen LogP contribution in [0.25, 0.3) is 20.8 Å². The third kappa shape index (κ3) is 5.60. The molecule has 7 nitrogen and oxygen atoms in total. The first-order valence-corrected chi connectivity index (χ1v) is 10.5. The number of aryl methyl sites for hydroxylation is 1. The number of fused-ring (bicyclic) bond motifs is 1. The number of hydrogen-bond donors (Lipinski definition) is 4. The normalized spacial score (nSPS) is 15.2. The molecule has 4 rings (SSSR count). The number of aliphatic hydroxyl groups excluding tert-OH is 2. The van der Waals surface area contributed by atoms with Gasteiger partial charge in [-0.15, -0.1) is 11.3 Å². The van der Waals surface area contributed by atoms with Crippen molar-refractivity contribution in [2.24, 2.45) is 5.41 Å². The molecule has 0 radical (unpaired) electrons. The zero-order valence-corrected chi connectivity index (χ0v) is 17.7. The van der Waals surface area contributed by atoms with E-state index >= 15 is 0 Å². The maximum atomic E-state index is 12.2. The summed E-state index contributed by atoms with van der Waals surface area (Å²) in [4.78, 5) is 12.4. The van der Waals surface area contributed by atoms with E-state index in [1.807, 2.05) is 24.3 Å². The number of aliphatic hydroxyl groups is 2. The molecule has 11 heteroatoms. The molecule has 0 amide bonds. The fraction of sp³-hybridized carbons (Fsp3) is 0.450. The van der Waals surface area contributed by atoms with Crippen LogP contribution in [0.3, 0.4) is 0 Å². The van der Waals surface area contributed by atoms with Crippen LogP contribution in [-0.4, -0.2) is 51.1 Å². The topological polar surface area (TPSA) is 117 Å². The van der Waals surface area contributed by atoms with E-state index in [4.69, 9.17) is 15.9 Å². The van der Waals surface area contributed by atoms with Crippen LogP contribution in [-0.2, 0) is 0 Å². The Kier molecular flexibility index (Phi) is 6.97. The molecule has 1 aliphatic carbocycles. The summed E-state index contributed by atoms with van der Waals surface area (Å²) in [5.74, 6) is -0.0524. The van der Waals surface area contributed by atoms with Gasteiger partial charge in [-0.3, -0.25) is 0 Å². The standard InChI is InChI=1S/C14H12F3N5S.C6H12O2/c1-7-10(12-21-8-4-2-3-5-9(8)23-12)11(18)22-13(20-7)19-6-14(15,16)17;7-4-6(5-8)2-1-3-6/h2-5H,6H2,1H3,(H3,18,19,20,22);7-8H,1-5H2. The van der Waals surface area contributed by atoms with Crippen LogP contribution in [0.2, 0.25) is 0 Å². The third-order valence-electron chi connectivity index (χ3n) is 5.16. The Bertz CT molecular complexity index is 968. The van der Waals surface area contributed by atoms with Crippen molar-refractivity contribution in [2.75, 3.05) is 30.8 Å². The Balaban J connectivity index is 0.000000287. The molecular formula is C20H24F3N5O2S. The first-order valence-electron chi connectivity index (χ1n) is 9.69. The first kappa shape index (κ1) is 23.2. The summed E-state index contributed by atoms with van der Waals surface area (Å²) in [6.45, 7) is 0.761. The number of para-hydroxylation sites is 1. The number of nitrogen functional groups attached to an aromatic ring is 1. The molecule has 0 atom stereocenters. The summed E-state index contributed by atoms with van der Waals surface area (Å²) < 4.78 is 37.7. The van der Waals surface area contributed by atoms with Gasteiger partial charge in [0, 0.05) is 5.41 Å². The predicted octanol–water partition coefficient (Wildman–Crippen LogP) is 3.76. The molecule has 1 fully saturated rings. The number of halogens is 3. The minimum absolute atomic E-state index is 0.0833. The average Bonchev–Trinajstić information content (AvgIpc) is 3.09. The number of rotatable bonds is 5. The van der Waals surface area contributed by atoms with E-state index in [0.717, 1.165) is 23.1 Å². The molecule has 31 heavy (non-hydrogen) atoms. The molecular weight excluding hydrogens is 431 g/mol. The van der Waals surface area contributed by atoms with Crippen molar-refractivity contribution in [2.45, 2.75) is 32.4 Å². The van der Waals surface area contributed by atoms with Crippen LogP contribution in [0, 0.1) is 12.3 Å². The molecule has 1 aliphatic rings. The molecule has 0 unspecified atom stereocenters. The number of aromatic nitrogens is 3. The van der Waals surface area contributed by atoms with E-state index in [1.54, 1.807) is 6.92 Å². The number of nitrogens with two attached hydrogens (primary N) is 1. The van der Waals surface area contributed by atoms with Gasteiger partial charge >= 0.3 is 6.18 Å². The molecule has 0 aliphatic heterocycles. The zero-order chi connectivity index (χ0) is 22.6. The van der Waals surface area contributed by atoms with Crippen LogP contribution >= 0.6 is 11.3 Å². The van der Waals surface area contributed by atoms with E-state index in [2.05, 4.69) is 20.3 Å². The SMILES string of the molecule is Cc1nc(NCC(F)(F)F)nc(N)c1-c1nc2ccccc2s1.OCC1(CO)CCC1. The molecule has 5 N–H and O–H groups in total. The predicted molar refractivity (Wildman–Crippen MR) is 115 cm³/mol. The summed E-state index contributed by atoms with van der Waals surface area (Å²) in [7, 11) is 0. The molecule has 0 saturated heterocycles. The molecule has 0 spiro atoms. The number of anilines is 2. The van der Waals surface area contributed by atoms with E-state index in [-0.39, 0.29) is 30.4 Å². The Morgan fingerprint density at radius 1 is 1.13 bits per heavy atom. The third-order valence-corrected chi connectivity index (χ3v) is 6.21. The van der Waals surface area contributed by atoms with Crippen molar-refractivity contribution < 1.29 is 23.4 Å². The van der Waals surface area contributed by atoms with Gasteiger partial charge in [0.05, 0.1) is 34.7 Å². The maximum Gasteiger partial charge on any atom is 0.405 e. The van der Waals surface area contributed by atoms with Gasteiger partial charge in [-0.25, -0.2) is 9.97 Å². The monoisotopic (exact) mass is 455 g/mol. The molecule has 2 heterocycles. The average molecular weight is 456 g/mol. The van der Waals surface area contributed by atoms with Gasteiger partial charge in [0.1, 0.15) is 17.4 Å². The van der Waals surface area contributed by atoms with Crippen molar-refractivity contribution in [3.05, 3.63) is 30.0 Å². The maximum absolute atomic E-state index is 12.2. The van der Waals surface area contributed by atoms with Crippen LogP contribution in [0.4, 0.5) is 24.9 Å². The highest BCUT2D eigenvalue weighted by Crippen LogP contribution is 2.39. The fourth-order valence-electron chi connectivity index (χ4n) is 3.14.